The van der Waals surface area contributed by atoms with Crippen molar-refractivity contribution >= 4 is 12.0 Å². The van der Waals surface area contributed by atoms with Crippen molar-refractivity contribution in [1.29, 1.82) is 0 Å². The van der Waals surface area contributed by atoms with Gasteiger partial charge in [0, 0.05) is 6.08 Å². The summed E-state index contributed by atoms with van der Waals surface area (Å²) in [7, 11) is 0. The van der Waals surface area contributed by atoms with Gasteiger partial charge in [-0.05, 0) is 36.1 Å². The predicted octanol–water partition coefficient (Wildman–Crippen LogP) is 4.17. The van der Waals surface area contributed by atoms with Gasteiger partial charge in [-0.25, -0.2) is 4.79 Å². The number of phenolic OH excluding ortho intramolecular Hbond substituents is 1. The Bertz CT molecular complexity index is 420. The largest absolute Gasteiger partial charge is 0.508 e. The monoisotopic (exact) mass is 276 g/mol. The zero-order valence-corrected chi connectivity index (χ0v) is 12.3. The van der Waals surface area contributed by atoms with E-state index in [0.717, 1.165) is 18.4 Å². The number of benzene rings is 1. The molecule has 1 N–H and O–H groups in total. The molecular formula is C17H24O3. The summed E-state index contributed by atoms with van der Waals surface area (Å²) in [4.78, 5) is 11.6. The van der Waals surface area contributed by atoms with E-state index in [9.17, 15) is 4.79 Å². The third-order valence-corrected chi connectivity index (χ3v) is 3.31. The minimum Gasteiger partial charge on any atom is -0.508 e. The number of aromatic hydroxyl groups is 1. The Morgan fingerprint density at radius 2 is 2.00 bits per heavy atom. The van der Waals surface area contributed by atoms with Crippen LogP contribution >= 0.6 is 0 Å². The molecule has 110 valence electrons. The maximum atomic E-state index is 11.6. The molecule has 0 heterocycles. The van der Waals surface area contributed by atoms with Gasteiger partial charge in [0.15, 0.2) is 0 Å². The van der Waals surface area contributed by atoms with E-state index >= 15 is 0 Å². The summed E-state index contributed by atoms with van der Waals surface area (Å²) >= 11 is 0. The van der Waals surface area contributed by atoms with Crippen LogP contribution < -0.4 is 0 Å². The molecule has 1 aromatic rings. The van der Waals surface area contributed by atoms with E-state index in [1.807, 2.05) is 0 Å². The summed E-state index contributed by atoms with van der Waals surface area (Å²) in [5, 5.41) is 9.16. The van der Waals surface area contributed by atoms with Crippen LogP contribution in [0.3, 0.4) is 0 Å². The van der Waals surface area contributed by atoms with E-state index in [4.69, 9.17) is 9.84 Å². The topological polar surface area (TPSA) is 46.5 Å². The van der Waals surface area contributed by atoms with Crippen LogP contribution in [0.25, 0.3) is 6.08 Å². The predicted molar refractivity (Wildman–Crippen MR) is 81.4 cm³/mol. The van der Waals surface area contributed by atoms with Gasteiger partial charge >= 0.3 is 5.97 Å². The average molecular weight is 276 g/mol. The molecular weight excluding hydrogens is 252 g/mol. The summed E-state index contributed by atoms with van der Waals surface area (Å²) in [6.07, 6.45) is 7.62. The molecule has 0 aromatic heterocycles. The van der Waals surface area contributed by atoms with Crippen LogP contribution in [0.1, 0.15) is 45.1 Å². The molecule has 0 radical (unpaired) electrons. The minimum absolute atomic E-state index is 0.214. The van der Waals surface area contributed by atoms with E-state index in [1.165, 1.54) is 18.9 Å². The minimum atomic E-state index is -0.312. The first kappa shape index (κ1) is 16.3. The molecule has 0 saturated heterocycles. The van der Waals surface area contributed by atoms with Crippen molar-refractivity contribution in [2.24, 2.45) is 5.92 Å². The molecule has 0 saturated carbocycles. The molecule has 1 rings (SSSR count). The Hall–Kier alpha value is -1.77. The highest BCUT2D eigenvalue weighted by Crippen LogP contribution is 2.13. The fraction of sp³-hybridized carbons (Fsp3) is 0.471. The summed E-state index contributed by atoms with van der Waals surface area (Å²) < 4.78 is 5.26. The SMILES string of the molecule is CCCCC(CC)COC(=O)/C=C/c1ccc(O)cc1. The Morgan fingerprint density at radius 3 is 2.60 bits per heavy atom. The van der Waals surface area contributed by atoms with Gasteiger partial charge in [0.2, 0.25) is 0 Å². The first-order valence-electron chi connectivity index (χ1n) is 7.29. The van der Waals surface area contributed by atoms with Gasteiger partial charge in [-0.15, -0.1) is 0 Å². The molecule has 1 unspecified atom stereocenters. The molecule has 0 bridgehead atoms. The van der Waals surface area contributed by atoms with Crippen molar-refractivity contribution in [3.63, 3.8) is 0 Å². The summed E-state index contributed by atoms with van der Waals surface area (Å²) in [6.45, 7) is 4.79. The summed E-state index contributed by atoms with van der Waals surface area (Å²) in [5.74, 6) is 0.362. The van der Waals surface area contributed by atoms with Gasteiger partial charge in [-0.1, -0.05) is 45.2 Å². The van der Waals surface area contributed by atoms with E-state index in [-0.39, 0.29) is 11.7 Å². The molecule has 3 heteroatoms. The molecule has 0 fully saturated rings. The lowest BCUT2D eigenvalue weighted by molar-refractivity contribution is -0.139. The number of carbonyl (C=O) groups is 1. The third kappa shape index (κ3) is 6.41. The molecule has 20 heavy (non-hydrogen) atoms. The highest BCUT2D eigenvalue weighted by Gasteiger charge is 2.08. The van der Waals surface area contributed by atoms with Gasteiger partial charge in [0.1, 0.15) is 5.75 Å². The van der Waals surface area contributed by atoms with Crippen LogP contribution in [0.4, 0.5) is 0 Å². The maximum absolute atomic E-state index is 11.6. The zero-order chi connectivity index (χ0) is 14.8. The lowest BCUT2D eigenvalue weighted by Gasteiger charge is -2.13. The summed E-state index contributed by atoms with van der Waals surface area (Å²) in [5.41, 5.74) is 0.859. The quantitative estimate of drug-likeness (QED) is 0.572. The highest BCUT2D eigenvalue weighted by molar-refractivity contribution is 5.87. The second-order valence-corrected chi connectivity index (χ2v) is 4.97. The second-order valence-electron chi connectivity index (χ2n) is 4.97. The van der Waals surface area contributed by atoms with Crippen LogP contribution in [-0.4, -0.2) is 17.7 Å². The molecule has 3 nitrogen and oxygen atoms in total. The molecule has 0 aliphatic carbocycles. The van der Waals surface area contributed by atoms with Crippen molar-refractivity contribution in [3.8, 4) is 5.75 Å². The van der Waals surface area contributed by atoms with Crippen LogP contribution in [-0.2, 0) is 9.53 Å². The number of unbranched alkanes of at least 4 members (excludes halogenated alkanes) is 1. The zero-order valence-electron chi connectivity index (χ0n) is 12.3. The van der Waals surface area contributed by atoms with Gasteiger partial charge in [-0.2, -0.15) is 0 Å². The molecule has 1 atom stereocenters. The number of carbonyl (C=O) groups excluding carboxylic acids is 1. The van der Waals surface area contributed by atoms with Crippen LogP contribution in [0.5, 0.6) is 5.75 Å². The van der Waals surface area contributed by atoms with Crippen molar-refractivity contribution in [2.75, 3.05) is 6.61 Å². The second kappa shape index (κ2) is 9.18. The Morgan fingerprint density at radius 1 is 1.30 bits per heavy atom. The number of esters is 1. The highest BCUT2D eigenvalue weighted by atomic mass is 16.5. The van der Waals surface area contributed by atoms with E-state index in [1.54, 1.807) is 30.3 Å². The van der Waals surface area contributed by atoms with Crippen LogP contribution in [0.2, 0.25) is 0 Å². The van der Waals surface area contributed by atoms with Gasteiger partial charge < -0.3 is 9.84 Å². The fourth-order valence-electron chi connectivity index (χ4n) is 1.90. The molecule has 1 aromatic carbocycles. The molecule has 0 spiro atoms. The van der Waals surface area contributed by atoms with E-state index in [0.29, 0.717) is 12.5 Å². The fourth-order valence-corrected chi connectivity index (χ4v) is 1.90. The lowest BCUT2D eigenvalue weighted by atomic mass is 10.0. The van der Waals surface area contributed by atoms with Crippen LogP contribution in [0.15, 0.2) is 30.3 Å². The normalized spacial score (nSPS) is 12.5. The van der Waals surface area contributed by atoms with Crippen molar-refractivity contribution < 1.29 is 14.6 Å². The Labute approximate surface area is 121 Å². The summed E-state index contributed by atoms with van der Waals surface area (Å²) in [6, 6.07) is 6.66. The lowest BCUT2D eigenvalue weighted by Crippen LogP contribution is -2.12. The van der Waals surface area contributed by atoms with E-state index < -0.39 is 0 Å². The van der Waals surface area contributed by atoms with Crippen molar-refractivity contribution in [3.05, 3.63) is 35.9 Å². The van der Waals surface area contributed by atoms with Gasteiger partial charge in [0.25, 0.3) is 0 Å². The van der Waals surface area contributed by atoms with Crippen LogP contribution in [0, 0.1) is 5.92 Å². The average Bonchev–Trinajstić information content (AvgIpc) is 2.47. The number of hydrogen-bond acceptors (Lipinski definition) is 3. The molecule has 0 amide bonds. The van der Waals surface area contributed by atoms with Crippen molar-refractivity contribution in [2.45, 2.75) is 39.5 Å². The van der Waals surface area contributed by atoms with E-state index in [2.05, 4.69) is 13.8 Å². The number of rotatable bonds is 8. The standard InChI is InChI=1S/C17H24O3/c1-3-5-6-14(4-2)13-20-17(19)12-9-15-7-10-16(18)11-8-15/h7-12,14,18H,3-6,13H2,1-2H3/b12-9+. The van der Waals surface area contributed by atoms with Gasteiger partial charge in [-0.3, -0.25) is 0 Å². The number of hydrogen-bond donors (Lipinski definition) is 1. The van der Waals surface area contributed by atoms with Crippen molar-refractivity contribution in [1.82, 2.24) is 0 Å². The first-order valence-corrected chi connectivity index (χ1v) is 7.29. The smallest absolute Gasteiger partial charge is 0.330 e. The molecule has 0 aliphatic heterocycles. The maximum Gasteiger partial charge on any atom is 0.330 e. The molecule has 0 aliphatic rings. The number of ether oxygens (including phenoxy) is 1. The van der Waals surface area contributed by atoms with Gasteiger partial charge in [0.05, 0.1) is 6.61 Å². The Balaban J connectivity index is 2.37. The Kier molecular flexibility index (Phi) is 7.48. The first-order chi connectivity index (χ1) is 9.65. The third-order valence-electron chi connectivity index (χ3n) is 3.31. The number of phenols is 1.